The number of aromatic nitrogens is 2. The summed E-state index contributed by atoms with van der Waals surface area (Å²) < 4.78 is 12.6. The number of ether oxygens (including phenoxy) is 2. The number of carbonyl (C=O) groups excluding carboxylic acids is 2. The van der Waals surface area contributed by atoms with Crippen LogP contribution in [-0.4, -0.2) is 92.8 Å². The van der Waals surface area contributed by atoms with Crippen LogP contribution in [0.25, 0.3) is 12.2 Å². The molecule has 49 heavy (non-hydrogen) atoms. The number of rotatable bonds is 19. The molecule has 1 aliphatic carbocycles. The van der Waals surface area contributed by atoms with Crippen LogP contribution in [0, 0.1) is 5.92 Å². The Bertz CT molecular complexity index is 1610. The average Bonchev–Trinajstić information content (AvgIpc) is 3.72. The summed E-state index contributed by atoms with van der Waals surface area (Å²) in [7, 11) is 3.94. The number of halogens is 1. The summed E-state index contributed by atoms with van der Waals surface area (Å²) in [5, 5.41) is 14.1. The molecule has 0 saturated heterocycles. The zero-order valence-electron chi connectivity index (χ0n) is 28.7. The van der Waals surface area contributed by atoms with Gasteiger partial charge >= 0.3 is 0 Å². The van der Waals surface area contributed by atoms with E-state index in [1.807, 2.05) is 43.3 Å². The third-order valence-corrected chi connectivity index (χ3v) is 8.79. The summed E-state index contributed by atoms with van der Waals surface area (Å²) in [5.74, 6) is 0.387. The largest absolute Gasteiger partial charge is 0.379 e. The number of nitrogens with zero attached hydrogens (tertiary/aromatic N) is 4. The van der Waals surface area contributed by atoms with E-state index in [1.54, 1.807) is 30.7 Å². The van der Waals surface area contributed by atoms with Gasteiger partial charge in [-0.1, -0.05) is 25.0 Å². The molecule has 0 unspecified atom stereocenters. The Balaban J connectivity index is 1.23. The van der Waals surface area contributed by atoms with Crippen molar-refractivity contribution in [1.29, 1.82) is 0 Å². The van der Waals surface area contributed by atoms with Gasteiger partial charge in [-0.2, -0.15) is 10.2 Å². The van der Waals surface area contributed by atoms with Crippen LogP contribution in [0.2, 0.25) is 0 Å². The number of allylic oxidation sites excluding steroid dienone is 2. The van der Waals surface area contributed by atoms with E-state index < -0.39 is 0 Å². The molecule has 1 fully saturated rings. The predicted octanol–water partition coefficient (Wildman–Crippen LogP) is 2.47. The van der Waals surface area contributed by atoms with Gasteiger partial charge in [0.25, 0.3) is 5.56 Å². The average molecular weight is 696 g/mol. The van der Waals surface area contributed by atoms with Gasteiger partial charge in [-0.05, 0) is 74.4 Å². The number of unbranched alkanes of at least 4 members (excludes halogenated alkanes) is 3. The van der Waals surface area contributed by atoms with Crippen molar-refractivity contribution < 1.29 is 19.1 Å². The number of hydrogen-bond acceptors (Lipinski definition) is 8. The molecule has 13 heteroatoms. The third kappa shape index (κ3) is 12.8. The monoisotopic (exact) mass is 695 g/mol. The highest BCUT2D eigenvalue weighted by Crippen LogP contribution is 2.24. The van der Waals surface area contributed by atoms with Gasteiger partial charge in [0.15, 0.2) is 0 Å². The number of aromatic amines is 1. The van der Waals surface area contributed by atoms with E-state index in [0.717, 1.165) is 49.1 Å². The minimum Gasteiger partial charge on any atom is -0.379 e. The summed E-state index contributed by atoms with van der Waals surface area (Å²) in [6.45, 7) is 2.53. The van der Waals surface area contributed by atoms with E-state index in [9.17, 15) is 14.4 Å². The molecule has 1 aromatic heterocycles. The normalized spacial score (nSPS) is 17.9. The lowest BCUT2D eigenvalue weighted by Crippen LogP contribution is -2.44. The number of benzene rings is 1. The summed E-state index contributed by atoms with van der Waals surface area (Å²) in [6, 6.07) is 7.79. The maximum atomic E-state index is 13.5. The SMILES string of the molecule is CN(C)c1ccc(/C=c2/[nH]/c(=C\C=C3C=NN=C3)n(CC(=O)NC3CCC(C(=O)NCCOCCOCCCCCCCl)CC3)c2=O)cc1. The number of nitrogens with one attached hydrogen (secondary N) is 3. The van der Waals surface area contributed by atoms with Gasteiger partial charge in [0, 0.05) is 56.3 Å². The summed E-state index contributed by atoms with van der Waals surface area (Å²) in [6.07, 6.45) is 15.6. The topological polar surface area (TPSA) is 142 Å². The molecular weight excluding hydrogens is 646 g/mol. The molecule has 3 N–H and O–H groups in total. The molecule has 266 valence electrons. The highest BCUT2D eigenvalue weighted by molar-refractivity contribution is 6.17. The lowest BCUT2D eigenvalue weighted by atomic mass is 9.85. The van der Waals surface area contributed by atoms with Crippen LogP contribution in [0.15, 0.2) is 50.9 Å². The van der Waals surface area contributed by atoms with E-state index in [2.05, 4.69) is 25.8 Å². The Labute approximate surface area is 293 Å². The summed E-state index contributed by atoms with van der Waals surface area (Å²) in [4.78, 5) is 44.6. The van der Waals surface area contributed by atoms with Crippen LogP contribution in [0.5, 0.6) is 0 Å². The second-order valence-corrected chi connectivity index (χ2v) is 12.9. The van der Waals surface area contributed by atoms with Gasteiger partial charge in [-0.25, -0.2) is 0 Å². The van der Waals surface area contributed by atoms with E-state index in [4.69, 9.17) is 21.1 Å². The van der Waals surface area contributed by atoms with E-state index in [1.165, 1.54) is 4.57 Å². The van der Waals surface area contributed by atoms with E-state index in [-0.39, 0.29) is 35.9 Å². The zero-order valence-corrected chi connectivity index (χ0v) is 29.4. The van der Waals surface area contributed by atoms with Gasteiger partial charge in [-0.3, -0.25) is 19.0 Å². The van der Waals surface area contributed by atoms with Crippen LogP contribution in [0.3, 0.4) is 0 Å². The number of alkyl halides is 1. The Hall–Kier alpha value is -4.00. The number of anilines is 1. The Morgan fingerprint density at radius 2 is 1.65 bits per heavy atom. The van der Waals surface area contributed by atoms with Crippen molar-refractivity contribution >= 4 is 53.7 Å². The van der Waals surface area contributed by atoms with Crippen LogP contribution in [0.1, 0.15) is 56.9 Å². The van der Waals surface area contributed by atoms with Crippen molar-refractivity contribution in [3.05, 3.63) is 62.7 Å². The quantitative estimate of drug-likeness (QED) is 0.152. The molecule has 0 spiro atoms. The van der Waals surface area contributed by atoms with Crippen molar-refractivity contribution in [3.8, 4) is 0 Å². The maximum Gasteiger partial charge on any atom is 0.276 e. The number of hydrogen-bond donors (Lipinski definition) is 3. The highest BCUT2D eigenvalue weighted by atomic mass is 35.5. The standard InChI is InChI=1S/C36H50ClN7O5/c1-43(2)31-14-7-27(8-15-31)23-32-36(47)44(33(42-32)16-9-28-24-39-40-25-28)26-34(45)41-30-12-10-29(11-13-30)35(46)38-18-20-49-22-21-48-19-6-4-3-5-17-37/h7-9,14-16,23-25,29-30,42H,3-6,10-13,17-22,26H2,1-2H3,(H,38,46)(H,41,45)/b32-23+,33-16+. The molecule has 2 amide bonds. The first kappa shape index (κ1) is 37.8. The van der Waals surface area contributed by atoms with Gasteiger partial charge in [0.2, 0.25) is 11.8 Å². The fourth-order valence-corrected chi connectivity index (χ4v) is 5.90. The van der Waals surface area contributed by atoms with Crippen LogP contribution in [0.4, 0.5) is 5.69 Å². The molecule has 1 aromatic carbocycles. The Kier molecular flexibility index (Phi) is 15.8. The number of carbonyl (C=O) groups is 2. The minimum absolute atomic E-state index is 0.0206. The van der Waals surface area contributed by atoms with Crippen LogP contribution < -0.4 is 31.9 Å². The second-order valence-electron chi connectivity index (χ2n) is 12.5. The van der Waals surface area contributed by atoms with Gasteiger partial charge < -0.3 is 30.0 Å². The zero-order chi connectivity index (χ0) is 34.8. The first-order valence-corrected chi connectivity index (χ1v) is 17.7. The predicted molar refractivity (Wildman–Crippen MR) is 196 cm³/mol. The maximum absolute atomic E-state index is 13.5. The first-order chi connectivity index (χ1) is 23.8. The van der Waals surface area contributed by atoms with Crippen molar-refractivity contribution in [3.63, 3.8) is 0 Å². The molecular formula is C36H50ClN7O5. The molecule has 1 saturated carbocycles. The lowest BCUT2D eigenvalue weighted by molar-refractivity contribution is -0.126. The molecule has 2 aromatic rings. The molecule has 0 bridgehead atoms. The number of imidazole rings is 1. The van der Waals surface area contributed by atoms with E-state index >= 15 is 0 Å². The Morgan fingerprint density at radius 3 is 2.35 bits per heavy atom. The molecule has 0 atom stereocenters. The minimum atomic E-state index is -0.295. The smallest absolute Gasteiger partial charge is 0.276 e. The number of amides is 2. The molecule has 2 heterocycles. The van der Waals surface area contributed by atoms with Crippen molar-refractivity contribution in [2.45, 2.75) is 64.0 Å². The van der Waals surface area contributed by atoms with Crippen LogP contribution in [-0.2, 0) is 25.6 Å². The summed E-state index contributed by atoms with van der Waals surface area (Å²) >= 11 is 5.68. The van der Waals surface area contributed by atoms with Crippen molar-refractivity contribution in [1.82, 2.24) is 20.2 Å². The van der Waals surface area contributed by atoms with Crippen LogP contribution >= 0.6 is 11.6 Å². The molecule has 0 radical (unpaired) electrons. The number of H-pyrrole nitrogens is 1. The fourth-order valence-electron chi connectivity index (χ4n) is 5.71. The highest BCUT2D eigenvalue weighted by Gasteiger charge is 2.27. The Morgan fingerprint density at radius 1 is 0.959 bits per heavy atom. The fraction of sp³-hybridized carbons (Fsp3) is 0.528. The molecule has 1 aliphatic heterocycles. The van der Waals surface area contributed by atoms with Gasteiger partial charge in [-0.15, -0.1) is 11.6 Å². The third-order valence-electron chi connectivity index (χ3n) is 8.52. The van der Waals surface area contributed by atoms with Crippen molar-refractivity contribution in [2.75, 3.05) is 57.8 Å². The summed E-state index contributed by atoms with van der Waals surface area (Å²) in [5.41, 5.74) is 2.88. The van der Waals surface area contributed by atoms with Crippen molar-refractivity contribution in [2.24, 2.45) is 16.1 Å². The van der Waals surface area contributed by atoms with Gasteiger partial charge in [0.05, 0.1) is 32.2 Å². The molecule has 2 aliphatic rings. The first-order valence-electron chi connectivity index (χ1n) is 17.2. The lowest BCUT2D eigenvalue weighted by Gasteiger charge is -2.28. The molecule has 12 nitrogen and oxygen atoms in total. The molecule has 4 rings (SSSR count). The second kappa shape index (κ2) is 20.5. The van der Waals surface area contributed by atoms with Gasteiger partial charge in [0.1, 0.15) is 17.4 Å². The van der Waals surface area contributed by atoms with E-state index in [0.29, 0.717) is 68.8 Å².